The predicted molar refractivity (Wildman–Crippen MR) is 103 cm³/mol. The number of ether oxygens (including phenoxy) is 1. The lowest BCUT2D eigenvalue weighted by atomic mass is 10.1. The summed E-state index contributed by atoms with van der Waals surface area (Å²) in [6.45, 7) is 6.93. The number of hydrogen-bond donors (Lipinski definition) is 2. The summed E-state index contributed by atoms with van der Waals surface area (Å²) >= 11 is 5.21. The maximum atomic E-state index is 11.5. The smallest absolute Gasteiger partial charge is 0.187 e. The van der Waals surface area contributed by atoms with E-state index in [4.69, 9.17) is 17.0 Å². The zero-order chi connectivity index (χ0) is 18.3. The highest BCUT2D eigenvalue weighted by Gasteiger charge is 2.09. The number of hydrogen-bond acceptors (Lipinski definition) is 6. The lowest BCUT2D eigenvalue weighted by Crippen LogP contribution is -2.42. The van der Waals surface area contributed by atoms with Crippen molar-refractivity contribution in [3.8, 4) is 0 Å². The van der Waals surface area contributed by atoms with Gasteiger partial charge in [-0.3, -0.25) is 10.3 Å². The van der Waals surface area contributed by atoms with E-state index < -0.39 is 9.84 Å². The molecule has 1 fully saturated rings. The minimum Gasteiger partial charge on any atom is -0.379 e. The molecule has 1 aromatic carbocycles. The molecule has 0 radical (unpaired) electrons. The minimum absolute atomic E-state index is 0.289. The van der Waals surface area contributed by atoms with Crippen molar-refractivity contribution in [3.63, 3.8) is 0 Å². The summed E-state index contributed by atoms with van der Waals surface area (Å²) in [6, 6.07) is 6.60. The van der Waals surface area contributed by atoms with Crippen LogP contribution < -0.4 is 10.7 Å². The Labute approximate surface area is 154 Å². The quantitative estimate of drug-likeness (QED) is 0.422. The summed E-state index contributed by atoms with van der Waals surface area (Å²) in [5.74, 6) is 0. The van der Waals surface area contributed by atoms with Crippen molar-refractivity contribution in [2.24, 2.45) is 5.10 Å². The van der Waals surface area contributed by atoms with Crippen LogP contribution in [-0.4, -0.2) is 69.8 Å². The van der Waals surface area contributed by atoms with Gasteiger partial charge in [0, 0.05) is 32.4 Å². The Morgan fingerprint density at radius 1 is 1.28 bits per heavy atom. The lowest BCUT2D eigenvalue weighted by molar-refractivity contribution is 0.0389. The molecule has 0 bridgehead atoms. The van der Waals surface area contributed by atoms with E-state index in [1.165, 1.54) is 6.26 Å². The molecule has 0 saturated carbocycles. The van der Waals surface area contributed by atoms with Gasteiger partial charge in [0.15, 0.2) is 14.9 Å². The second kappa shape index (κ2) is 9.23. The first-order valence-corrected chi connectivity index (χ1v) is 10.3. The average molecular weight is 385 g/mol. The van der Waals surface area contributed by atoms with Crippen LogP contribution in [0.4, 0.5) is 0 Å². The molecule has 2 rings (SSSR count). The number of hydrazone groups is 1. The molecule has 0 aromatic heterocycles. The van der Waals surface area contributed by atoms with Gasteiger partial charge in [-0.05, 0) is 36.8 Å². The number of morpholine rings is 1. The number of thiocarbonyl (C=S) groups is 1. The van der Waals surface area contributed by atoms with Gasteiger partial charge in [-0.25, -0.2) is 8.42 Å². The van der Waals surface area contributed by atoms with E-state index >= 15 is 0 Å². The Morgan fingerprint density at radius 2 is 1.92 bits per heavy atom. The fraction of sp³-hybridized carbons (Fsp3) is 0.500. The molecule has 138 valence electrons. The molecule has 2 N–H and O–H groups in total. The Balaban J connectivity index is 1.78. The van der Waals surface area contributed by atoms with Gasteiger partial charge in [-0.1, -0.05) is 12.1 Å². The average Bonchev–Trinajstić information content (AvgIpc) is 2.60. The van der Waals surface area contributed by atoms with E-state index in [9.17, 15) is 8.42 Å². The van der Waals surface area contributed by atoms with Gasteiger partial charge >= 0.3 is 0 Å². The number of rotatable bonds is 6. The largest absolute Gasteiger partial charge is 0.379 e. The molecule has 1 aliphatic rings. The van der Waals surface area contributed by atoms with E-state index in [-0.39, 0.29) is 4.90 Å². The van der Waals surface area contributed by atoms with Crippen LogP contribution in [0.25, 0.3) is 0 Å². The number of sulfone groups is 1. The first-order valence-electron chi connectivity index (χ1n) is 8.05. The highest BCUT2D eigenvalue weighted by Crippen LogP contribution is 2.10. The molecule has 1 heterocycles. The van der Waals surface area contributed by atoms with Gasteiger partial charge in [-0.15, -0.1) is 0 Å². The summed E-state index contributed by atoms with van der Waals surface area (Å²) in [5.41, 5.74) is 4.36. The highest BCUT2D eigenvalue weighted by atomic mass is 32.2. The lowest BCUT2D eigenvalue weighted by Gasteiger charge is -2.26. The zero-order valence-corrected chi connectivity index (χ0v) is 16.1. The van der Waals surface area contributed by atoms with Gasteiger partial charge < -0.3 is 10.1 Å². The molecule has 1 aromatic rings. The van der Waals surface area contributed by atoms with Crippen LogP contribution >= 0.6 is 12.2 Å². The van der Waals surface area contributed by atoms with Crippen LogP contribution in [-0.2, 0) is 14.6 Å². The molecule has 0 amide bonds. The second-order valence-corrected chi connectivity index (χ2v) is 8.24. The van der Waals surface area contributed by atoms with Crippen molar-refractivity contribution in [2.75, 3.05) is 45.6 Å². The third kappa shape index (κ3) is 6.69. The highest BCUT2D eigenvalue weighted by molar-refractivity contribution is 7.90. The van der Waals surface area contributed by atoms with E-state index in [0.717, 1.165) is 50.7 Å². The fourth-order valence-corrected chi connectivity index (χ4v) is 3.11. The Kier molecular flexibility index (Phi) is 7.30. The van der Waals surface area contributed by atoms with E-state index in [1.54, 1.807) is 24.3 Å². The summed E-state index contributed by atoms with van der Waals surface area (Å²) in [7, 11) is -3.19. The summed E-state index contributed by atoms with van der Waals surface area (Å²) in [4.78, 5) is 2.61. The topological polar surface area (TPSA) is 83.0 Å². The fourth-order valence-electron chi connectivity index (χ4n) is 2.33. The van der Waals surface area contributed by atoms with Crippen molar-refractivity contribution in [1.29, 1.82) is 0 Å². The van der Waals surface area contributed by atoms with Gasteiger partial charge in [0.1, 0.15) is 0 Å². The van der Waals surface area contributed by atoms with Crippen molar-refractivity contribution >= 4 is 32.9 Å². The summed E-state index contributed by atoms with van der Waals surface area (Å²) in [5, 5.41) is 7.81. The Bertz CT molecular complexity index is 711. The number of benzene rings is 1. The van der Waals surface area contributed by atoms with E-state index in [1.807, 2.05) is 6.92 Å². The molecule has 0 atom stereocenters. The first kappa shape index (κ1) is 19.8. The minimum atomic E-state index is -3.19. The molecule has 0 aliphatic carbocycles. The molecule has 0 unspecified atom stereocenters. The van der Waals surface area contributed by atoms with Crippen LogP contribution in [0.5, 0.6) is 0 Å². The molecule has 1 aliphatic heterocycles. The van der Waals surface area contributed by atoms with Crippen LogP contribution in [0, 0.1) is 0 Å². The maximum absolute atomic E-state index is 11.5. The van der Waals surface area contributed by atoms with E-state index in [0.29, 0.717) is 5.11 Å². The number of nitrogens with one attached hydrogen (secondary N) is 2. The molecular formula is C16H24N4O3S2. The third-order valence-electron chi connectivity index (χ3n) is 3.84. The molecular weight excluding hydrogens is 360 g/mol. The Hall–Kier alpha value is -1.55. The first-order chi connectivity index (χ1) is 11.9. The zero-order valence-electron chi connectivity index (χ0n) is 14.5. The summed E-state index contributed by atoms with van der Waals surface area (Å²) in [6.07, 6.45) is 1.19. The van der Waals surface area contributed by atoms with Crippen LogP contribution in [0.3, 0.4) is 0 Å². The third-order valence-corrected chi connectivity index (χ3v) is 5.21. The predicted octanol–water partition coefficient (Wildman–Crippen LogP) is 0.610. The molecule has 9 heteroatoms. The van der Waals surface area contributed by atoms with Crippen molar-refractivity contribution in [2.45, 2.75) is 11.8 Å². The van der Waals surface area contributed by atoms with Crippen molar-refractivity contribution < 1.29 is 13.2 Å². The Morgan fingerprint density at radius 3 is 2.52 bits per heavy atom. The van der Waals surface area contributed by atoms with Gasteiger partial charge in [0.05, 0.1) is 23.8 Å². The normalized spacial score (nSPS) is 16.5. The molecule has 25 heavy (non-hydrogen) atoms. The van der Waals surface area contributed by atoms with Crippen molar-refractivity contribution in [3.05, 3.63) is 29.8 Å². The SMILES string of the molecule is C/C(=N/NC(=S)NCCN1CCOCC1)c1ccc(S(C)(=O)=O)cc1. The number of nitrogens with zero attached hydrogens (tertiary/aromatic N) is 2. The van der Waals surface area contributed by atoms with Gasteiger partial charge in [0.2, 0.25) is 0 Å². The molecule has 0 spiro atoms. The monoisotopic (exact) mass is 384 g/mol. The van der Waals surface area contributed by atoms with Crippen LogP contribution in [0.15, 0.2) is 34.3 Å². The molecule has 1 saturated heterocycles. The molecule has 7 nitrogen and oxygen atoms in total. The van der Waals surface area contributed by atoms with Gasteiger partial charge in [0.25, 0.3) is 0 Å². The standard InChI is InChI=1S/C16H24N4O3S2/c1-13(14-3-5-15(6-4-14)25(2,21)22)18-19-16(24)17-7-8-20-9-11-23-12-10-20/h3-6H,7-12H2,1-2H3,(H2,17,19,24)/b18-13-. The maximum Gasteiger partial charge on any atom is 0.187 e. The van der Waals surface area contributed by atoms with Crippen molar-refractivity contribution in [1.82, 2.24) is 15.6 Å². The summed E-state index contributed by atoms with van der Waals surface area (Å²) < 4.78 is 28.2. The second-order valence-electron chi connectivity index (χ2n) is 5.82. The van der Waals surface area contributed by atoms with Crippen LogP contribution in [0.2, 0.25) is 0 Å². The van der Waals surface area contributed by atoms with Gasteiger partial charge in [-0.2, -0.15) is 5.10 Å². The van der Waals surface area contributed by atoms with Crippen LogP contribution in [0.1, 0.15) is 12.5 Å². The van der Waals surface area contributed by atoms with E-state index in [2.05, 4.69) is 20.7 Å².